The normalized spacial score (nSPS) is 16.7. The van der Waals surface area contributed by atoms with Crippen molar-refractivity contribution in [2.24, 2.45) is 0 Å². The number of nitrogens with one attached hydrogen (secondary N) is 1. The Balaban J connectivity index is 1.85. The van der Waals surface area contributed by atoms with Crippen LogP contribution in [-0.4, -0.2) is 21.8 Å². The summed E-state index contributed by atoms with van der Waals surface area (Å²) >= 11 is 0. The van der Waals surface area contributed by atoms with Gasteiger partial charge in [0, 0.05) is 25.0 Å². The van der Waals surface area contributed by atoms with E-state index in [0.29, 0.717) is 18.4 Å². The average Bonchev–Trinajstić information content (AvgIpc) is 2.90. The van der Waals surface area contributed by atoms with E-state index in [1.807, 2.05) is 0 Å². The van der Waals surface area contributed by atoms with E-state index in [4.69, 9.17) is 0 Å². The van der Waals surface area contributed by atoms with Gasteiger partial charge in [0.15, 0.2) is 0 Å². The van der Waals surface area contributed by atoms with Gasteiger partial charge in [-0.05, 0) is 12.8 Å². The molecular weight excluding hydrogens is 219 g/mol. The molecule has 0 amide bonds. The fraction of sp³-hybridized carbons (Fsp3) is 0.700. The molecule has 0 aromatic carbocycles. The van der Waals surface area contributed by atoms with Gasteiger partial charge in [0.2, 0.25) is 0 Å². The lowest BCUT2D eigenvalue weighted by atomic mass is 10.4. The lowest BCUT2D eigenvalue weighted by Gasteiger charge is -2.10. The van der Waals surface area contributed by atoms with Gasteiger partial charge in [-0.3, -0.25) is 0 Å². The van der Waals surface area contributed by atoms with Crippen molar-refractivity contribution in [3.8, 4) is 0 Å². The van der Waals surface area contributed by atoms with Gasteiger partial charge in [-0.1, -0.05) is 0 Å². The van der Waals surface area contributed by atoms with Crippen LogP contribution in [0, 0.1) is 0 Å². The fourth-order valence-corrected chi connectivity index (χ4v) is 1.48. The Morgan fingerprint density at radius 1 is 1.44 bits per heavy atom. The van der Waals surface area contributed by atoms with Crippen LogP contribution in [0.2, 0.25) is 0 Å². The second kappa shape index (κ2) is 4.45. The number of aromatic nitrogens is 2. The van der Waals surface area contributed by atoms with Crippen molar-refractivity contribution in [3.63, 3.8) is 0 Å². The Morgan fingerprint density at radius 3 is 2.81 bits per heavy atom. The lowest BCUT2D eigenvalue weighted by molar-refractivity contribution is -0.136. The standard InChI is InChI=1S/C10H14F3N3/c11-10(12,13)3-5-16-6-4-14-9(16)7-15-8-1-2-8/h4,6,8,15H,1-3,5,7H2. The summed E-state index contributed by atoms with van der Waals surface area (Å²) in [6, 6.07) is 0.535. The minimum atomic E-state index is -4.11. The fourth-order valence-electron chi connectivity index (χ4n) is 1.48. The molecule has 0 bridgehead atoms. The van der Waals surface area contributed by atoms with Crippen LogP contribution in [0.3, 0.4) is 0 Å². The summed E-state index contributed by atoms with van der Waals surface area (Å²) in [7, 11) is 0. The lowest BCUT2D eigenvalue weighted by Crippen LogP contribution is -2.20. The molecule has 90 valence electrons. The largest absolute Gasteiger partial charge is 0.390 e. The maximum Gasteiger partial charge on any atom is 0.390 e. The second-order valence-electron chi connectivity index (χ2n) is 4.06. The molecule has 0 radical (unpaired) electrons. The van der Waals surface area contributed by atoms with Crippen molar-refractivity contribution in [2.45, 2.75) is 44.6 Å². The molecule has 1 saturated carbocycles. The zero-order valence-electron chi connectivity index (χ0n) is 8.80. The van der Waals surface area contributed by atoms with Crippen LogP contribution in [0.4, 0.5) is 13.2 Å². The topological polar surface area (TPSA) is 29.9 Å². The SMILES string of the molecule is FC(F)(F)CCn1ccnc1CNC1CC1. The van der Waals surface area contributed by atoms with Gasteiger partial charge in [-0.25, -0.2) is 4.98 Å². The molecule has 3 nitrogen and oxygen atoms in total. The van der Waals surface area contributed by atoms with Crippen LogP contribution >= 0.6 is 0 Å². The summed E-state index contributed by atoms with van der Waals surface area (Å²) in [5.74, 6) is 0.677. The highest BCUT2D eigenvalue weighted by Gasteiger charge is 2.27. The molecule has 0 saturated heterocycles. The third kappa shape index (κ3) is 3.52. The van der Waals surface area contributed by atoms with E-state index in [1.165, 1.54) is 0 Å². The number of nitrogens with zero attached hydrogens (tertiary/aromatic N) is 2. The minimum absolute atomic E-state index is 0.0504. The molecule has 0 unspecified atom stereocenters. The zero-order chi connectivity index (χ0) is 11.6. The Labute approximate surface area is 91.7 Å². The molecule has 1 aromatic rings. The first-order valence-electron chi connectivity index (χ1n) is 5.35. The smallest absolute Gasteiger partial charge is 0.334 e. The molecule has 1 aliphatic carbocycles. The maximum absolute atomic E-state index is 12.1. The Hall–Kier alpha value is -1.04. The van der Waals surface area contributed by atoms with Crippen molar-refractivity contribution in [1.82, 2.24) is 14.9 Å². The molecule has 1 aliphatic rings. The molecule has 0 atom stereocenters. The van der Waals surface area contributed by atoms with E-state index in [9.17, 15) is 13.2 Å². The van der Waals surface area contributed by atoms with Crippen LogP contribution in [0.5, 0.6) is 0 Å². The minimum Gasteiger partial charge on any atom is -0.334 e. The number of imidazole rings is 1. The van der Waals surface area contributed by atoms with Crippen LogP contribution < -0.4 is 5.32 Å². The Morgan fingerprint density at radius 2 is 2.19 bits per heavy atom. The summed E-state index contributed by atoms with van der Waals surface area (Å²) in [4.78, 5) is 4.05. The van der Waals surface area contributed by atoms with E-state index in [-0.39, 0.29) is 6.54 Å². The van der Waals surface area contributed by atoms with Gasteiger partial charge in [0.05, 0.1) is 13.0 Å². The number of hydrogen-bond donors (Lipinski definition) is 1. The molecule has 1 N–H and O–H groups in total. The first-order valence-corrected chi connectivity index (χ1v) is 5.35. The van der Waals surface area contributed by atoms with Gasteiger partial charge in [0.1, 0.15) is 5.82 Å². The van der Waals surface area contributed by atoms with E-state index < -0.39 is 12.6 Å². The van der Waals surface area contributed by atoms with Crippen LogP contribution in [-0.2, 0) is 13.1 Å². The van der Waals surface area contributed by atoms with Crippen molar-refractivity contribution in [2.75, 3.05) is 0 Å². The van der Waals surface area contributed by atoms with Crippen LogP contribution in [0.1, 0.15) is 25.1 Å². The predicted molar refractivity (Wildman–Crippen MR) is 52.8 cm³/mol. The molecule has 1 heterocycles. The van der Waals surface area contributed by atoms with Crippen LogP contribution in [0.15, 0.2) is 12.4 Å². The quantitative estimate of drug-likeness (QED) is 0.843. The highest BCUT2D eigenvalue weighted by Crippen LogP contribution is 2.21. The summed E-state index contributed by atoms with van der Waals surface area (Å²) in [5, 5.41) is 3.23. The van der Waals surface area contributed by atoms with Gasteiger partial charge in [-0.15, -0.1) is 0 Å². The van der Waals surface area contributed by atoms with E-state index in [2.05, 4.69) is 10.3 Å². The van der Waals surface area contributed by atoms with Gasteiger partial charge in [0.25, 0.3) is 0 Å². The molecule has 0 spiro atoms. The average molecular weight is 233 g/mol. The van der Waals surface area contributed by atoms with E-state index in [1.54, 1.807) is 17.0 Å². The molecule has 1 aromatic heterocycles. The number of alkyl halides is 3. The summed E-state index contributed by atoms with van der Waals surface area (Å²) in [5.41, 5.74) is 0. The first kappa shape index (κ1) is 11.4. The van der Waals surface area contributed by atoms with Gasteiger partial charge < -0.3 is 9.88 Å². The second-order valence-corrected chi connectivity index (χ2v) is 4.06. The molecule has 2 rings (SSSR count). The maximum atomic E-state index is 12.1. The van der Waals surface area contributed by atoms with Crippen molar-refractivity contribution < 1.29 is 13.2 Å². The van der Waals surface area contributed by atoms with E-state index in [0.717, 1.165) is 12.8 Å². The number of aryl methyl sites for hydroxylation is 1. The molecule has 0 aliphatic heterocycles. The van der Waals surface area contributed by atoms with Crippen molar-refractivity contribution in [3.05, 3.63) is 18.2 Å². The number of halogens is 3. The highest BCUT2D eigenvalue weighted by atomic mass is 19.4. The van der Waals surface area contributed by atoms with Crippen molar-refractivity contribution >= 4 is 0 Å². The van der Waals surface area contributed by atoms with Crippen LogP contribution in [0.25, 0.3) is 0 Å². The molecule has 16 heavy (non-hydrogen) atoms. The summed E-state index contributed by atoms with van der Waals surface area (Å²) < 4.78 is 37.7. The summed E-state index contributed by atoms with van der Waals surface area (Å²) in [6.45, 7) is 0.501. The number of hydrogen-bond acceptors (Lipinski definition) is 2. The predicted octanol–water partition coefficient (Wildman–Crippen LogP) is 2.09. The molecule has 1 fully saturated rings. The molecule has 6 heteroatoms. The Bertz CT molecular complexity index is 341. The third-order valence-electron chi connectivity index (χ3n) is 2.56. The van der Waals surface area contributed by atoms with E-state index >= 15 is 0 Å². The van der Waals surface area contributed by atoms with Gasteiger partial charge in [-0.2, -0.15) is 13.2 Å². The highest BCUT2D eigenvalue weighted by molar-refractivity contribution is 4.94. The molecular formula is C10H14F3N3. The monoisotopic (exact) mass is 233 g/mol. The summed E-state index contributed by atoms with van der Waals surface area (Å²) in [6.07, 6.45) is 0.535. The first-order chi connectivity index (χ1) is 7.54. The Kier molecular flexibility index (Phi) is 3.18. The number of rotatable bonds is 5. The van der Waals surface area contributed by atoms with Crippen molar-refractivity contribution in [1.29, 1.82) is 0 Å². The van der Waals surface area contributed by atoms with Gasteiger partial charge >= 0.3 is 6.18 Å². The third-order valence-corrected chi connectivity index (χ3v) is 2.56. The zero-order valence-corrected chi connectivity index (χ0v) is 8.80.